The Balaban J connectivity index is 0.00000289. The third kappa shape index (κ3) is 7.88. The summed E-state index contributed by atoms with van der Waals surface area (Å²) in [5.74, 6) is 0.828. The molecule has 0 unspecified atom stereocenters. The lowest BCUT2D eigenvalue weighted by molar-refractivity contribution is 0.153. The molecule has 0 fully saturated rings. The molecule has 0 aromatic heterocycles. The molecular weight excluding hydrogens is 345 g/mol. The highest BCUT2D eigenvalue weighted by molar-refractivity contribution is 14.0. The van der Waals surface area contributed by atoms with Gasteiger partial charge in [0.1, 0.15) is 0 Å². The van der Waals surface area contributed by atoms with E-state index in [2.05, 4.69) is 21.7 Å². The summed E-state index contributed by atoms with van der Waals surface area (Å²) in [6.45, 7) is 3.97. The van der Waals surface area contributed by atoms with E-state index >= 15 is 0 Å². The zero-order valence-corrected chi connectivity index (χ0v) is 13.5. The number of halogens is 1. The Bertz CT molecular complexity index is 270. The average molecular weight is 369 g/mol. The summed E-state index contributed by atoms with van der Waals surface area (Å²) in [4.78, 5) is 4.14. The predicted molar refractivity (Wildman–Crippen MR) is 84.8 cm³/mol. The summed E-state index contributed by atoms with van der Waals surface area (Å²) < 4.78 is 10.2. The number of nitrogens with zero attached hydrogens (tertiary/aromatic N) is 1. The van der Waals surface area contributed by atoms with Crippen LogP contribution in [0.2, 0.25) is 0 Å². The predicted octanol–water partition coefficient (Wildman–Crippen LogP) is 1.15. The number of hydrogen-bond acceptors (Lipinski definition) is 3. The summed E-state index contributed by atoms with van der Waals surface area (Å²) in [5, 5.41) is 6.46. The van der Waals surface area contributed by atoms with Crippen LogP contribution >= 0.6 is 24.0 Å². The number of guanidine groups is 1. The van der Waals surface area contributed by atoms with Gasteiger partial charge in [0, 0.05) is 27.2 Å². The third-order valence-electron chi connectivity index (χ3n) is 2.62. The molecule has 1 heterocycles. The van der Waals surface area contributed by atoms with Crippen molar-refractivity contribution in [3.05, 3.63) is 11.6 Å². The molecule has 0 saturated heterocycles. The van der Waals surface area contributed by atoms with E-state index in [1.165, 1.54) is 5.57 Å². The zero-order valence-electron chi connectivity index (χ0n) is 11.2. The maximum atomic E-state index is 5.27. The van der Waals surface area contributed by atoms with E-state index in [9.17, 15) is 0 Å². The fourth-order valence-electron chi connectivity index (χ4n) is 1.63. The lowest BCUT2D eigenvalue weighted by atomic mass is 10.1. The van der Waals surface area contributed by atoms with Crippen molar-refractivity contribution in [2.45, 2.75) is 12.8 Å². The van der Waals surface area contributed by atoms with Gasteiger partial charge in [0.25, 0.3) is 0 Å². The normalized spacial score (nSPS) is 15.7. The van der Waals surface area contributed by atoms with Gasteiger partial charge in [-0.2, -0.15) is 0 Å². The van der Waals surface area contributed by atoms with Crippen LogP contribution in [0.15, 0.2) is 16.6 Å². The van der Waals surface area contributed by atoms with Crippen LogP contribution in [-0.2, 0) is 9.47 Å². The first kappa shape index (κ1) is 17.7. The van der Waals surface area contributed by atoms with Crippen LogP contribution in [0.5, 0.6) is 0 Å². The monoisotopic (exact) mass is 369 g/mol. The van der Waals surface area contributed by atoms with Crippen LogP contribution in [0.25, 0.3) is 0 Å². The van der Waals surface area contributed by atoms with Crippen molar-refractivity contribution in [2.75, 3.05) is 47.1 Å². The highest BCUT2D eigenvalue weighted by Crippen LogP contribution is 2.10. The number of hydrogen-bond donors (Lipinski definition) is 2. The Labute approximate surface area is 126 Å². The molecular formula is C12H24IN3O2. The van der Waals surface area contributed by atoms with Crippen molar-refractivity contribution >= 4 is 29.9 Å². The highest BCUT2D eigenvalue weighted by Gasteiger charge is 2.03. The highest BCUT2D eigenvalue weighted by atomic mass is 127. The van der Waals surface area contributed by atoms with Gasteiger partial charge >= 0.3 is 0 Å². The molecule has 0 saturated carbocycles. The van der Waals surface area contributed by atoms with E-state index in [1.54, 1.807) is 14.2 Å². The number of rotatable bonds is 6. The second-order valence-electron chi connectivity index (χ2n) is 3.86. The van der Waals surface area contributed by atoms with E-state index in [0.717, 1.165) is 45.1 Å². The molecule has 106 valence electrons. The van der Waals surface area contributed by atoms with Gasteiger partial charge in [-0.3, -0.25) is 4.99 Å². The van der Waals surface area contributed by atoms with Crippen LogP contribution in [0.1, 0.15) is 12.8 Å². The Morgan fingerprint density at radius 1 is 1.44 bits per heavy atom. The SMILES string of the molecule is CN=C(NCCOC)NCCC1=CCOCC1.I. The van der Waals surface area contributed by atoms with Crippen LogP contribution in [0, 0.1) is 0 Å². The molecule has 6 heteroatoms. The van der Waals surface area contributed by atoms with Crippen molar-refractivity contribution in [2.24, 2.45) is 4.99 Å². The molecule has 0 bridgehead atoms. The molecule has 18 heavy (non-hydrogen) atoms. The number of aliphatic imine (C=N–C) groups is 1. The standard InChI is InChI=1S/C12H23N3O2.HI/c1-13-12(15-7-10-16-2)14-6-3-11-4-8-17-9-5-11;/h4H,3,5-10H2,1-2H3,(H2,13,14,15);1H. The minimum atomic E-state index is 0. The fourth-order valence-corrected chi connectivity index (χ4v) is 1.63. The summed E-state index contributed by atoms with van der Waals surface area (Å²) in [7, 11) is 3.46. The van der Waals surface area contributed by atoms with E-state index < -0.39 is 0 Å². The van der Waals surface area contributed by atoms with Gasteiger partial charge in [-0.15, -0.1) is 24.0 Å². The first-order valence-corrected chi connectivity index (χ1v) is 6.06. The summed E-state index contributed by atoms with van der Waals surface area (Å²) in [5.41, 5.74) is 1.47. The first-order chi connectivity index (χ1) is 8.36. The lowest BCUT2D eigenvalue weighted by Crippen LogP contribution is -2.39. The average Bonchev–Trinajstić information content (AvgIpc) is 2.38. The molecule has 0 aromatic carbocycles. The molecule has 0 radical (unpaired) electrons. The molecule has 1 rings (SSSR count). The summed E-state index contributed by atoms with van der Waals surface area (Å²) >= 11 is 0. The second-order valence-corrected chi connectivity index (χ2v) is 3.86. The maximum absolute atomic E-state index is 5.27. The molecule has 0 aliphatic carbocycles. The Morgan fingerprint density at radius 2 is 2.22 bits per heavy atom. The summed E-state index contributed by atoms with van der Waals surface area (Å²) in [6, 6.07) is 0. The third-order valence-corrected chi connectivity index (χ3v) is 2.62. The first-order valence-electron chi connectivity index (χ1n) is 6.06. The van der Waals surface area contributed by atoms with Crippen LogP contribution in [0.4, 0.5) is 0 Å². The van der Waals surface area contributed by atoms with Gasteiger partial charge in [0.15, 0.2) is 5.96 Å². The van der Waals surface area contributed by atoms with Gasteiger partial charge in [-0.05, 0) is 12.8 Å². The van der Waals surface area contributed by atoms with Crippen molar-refractivity contribution in [1.82, 2.24) is 10.6 Å². The summed E-state index contributed by atoms with van der Waals surface area (Å²) in [6.07, 6.45) is 4.28. The second kappa shape index (κ2) is 11.7. The smallest absolute Gasteiger partial charge is 0.191 e. The van der Waals surface area contributed by atoms with Gasteiger partial charge in [0.2, 0.25) is 0 Å². The molecule has 5 nitrogen and oxygen atoms in total. The quantitative estimate of drug-likeness (QED) is 0.243. The van der Waals surface area contributed by atoms with Crippen LogP contribution in [-0.4, -0.2) is 53.0 Å². The van der Waals surface area contributed by atoms with Crippen molar-refractivity contribution < 1.29 is 9.47 Å². The topological polar surface area (TPSA) is 54.9 Å². The Kier molecular flexibility index (Phi) is 11.5. The lowest BCUT2D eigenvalue weighted by Gasteiger charge is -2.15. The van der Waals surface area contributed by atoms with Crippen molar-refractivity contribution in [3.8, 4) is 0 Å². The van der Waals surface area contributed by atoms with Gasteiger partial charge < -0.3 is 20.1 Å². The minimum Gasteiger partial charge on any atom is -0.383 e. The Morgan fingerprint density at radius 3 is 2.83 bits per heavy atom. The molecule has 1 aliphatic rings. The molecule has 0 spiro atoms. The zero-order chi connectivity index (χ0) is 12.3. The largest absolute Gasteiger partial charge is 0.383 e. The van der Waals surface area contributed by atoms with Gasteiger partial charge in [0.05, 0.1) is 19.8 Å². The maximum Gasteiger partial charge on any atom is 0.191 e. The van der Waals surface area contributed by atoms with Gasteiger partial charge in [-0.25, -0.2) is 0 Å². The number of ether oxygens (including phenoxy) is 2. The number of nitrogens with one attached hydrogen (secondary N) is 2. The molecule has 0 atom stereocenters. The fraction of sp³-hybridized carbons (Fsp3) is 0.750. The molecule has 0 aromatic rings. The van der Waals surface area contributed by atoms with E-state index in [4.69, 9.17) is 9.47 Å². The van der Waals surface area contributed by atoms with E-state index in [-0.39, 0.29) is 24.0 Å². The van der Waals surface area contributed by atoms with Crippen molar-refractivity contribution in [1.29, 1.82) is 0 Å². The molecule has 2 N–H and O–H groups in total. The van der Waals surface area contributed by atoms with Crippen LogP contribution in [0.3, 0.4) is 0 Å². The van der Waals surface area contributed by atoms with E-state index in [0.29, 0.717) is 6.61 Å². The Hall–Kier alpha value is -0.340. The van der Waals surface area contributed by atoms with Crippen LogP contribution < -0.4 is 10.6 Å². The van der Waals surface area contributed by atoms with Crippen molar-refractivity contribution in [3.63, 3.8) is 0 Å². The van der Waals surface area contributed by atoms with Gasteiger partial charge in [-0.1, -0.05) is 11.6 Å². The molecule has 1 aliphatic heterocycles. The molecule has 0 amide bonds. The minimum absolute atomic E-state index is 0. The number of methoxy groups -OCH3 is 1. The van der Waals surface area contributed by atoms with E-state index in [1.807, 2.05) is 0 Å².